The lowest BCUT2D eigenvalue weighted by molar-refractivity contribution is -0.145. The molecule has 7 rings (SSSR count). The monoisotopic (exact) mass is 845 g/mol. The topological polar surface area (TPSA) is 192 Å². The molecule has 5 aliphatic rings. The fraction of sp³-hybridized carbons (Fsp3) is 0.575. The first kappa shape index (κ1) is 41.9. The van der Waals surface area contributed by atoms with E-state index in [1.54, 1.807) is 32.9 Å². The number of allylic oxidation sites excluding steroid dienone is 1. The van der Waals surface area contributed by atoms with Crippen molar-refractivity contribution in [1.82, 2.24) is 25.2 Å². The van der Waals surface area contributed by atoms with Gasteiger partial charge in [0, 0.05) is 11.8 Å². The van der Waals surface area contributed by atoms with Gasteiger partial charge in [-0.3, -0.25) is 14.4 Å². The predicted octanol–water partition coefficient (Wildman–Crippen LogP) is 4.27. The second-order valence-corrected chi connectivity index (χ2v) is 19.1. The highest BCUT2D eigenvalue weighted by atomic mass is 32.2. The van der Waals surface area contributed by atoms with E-state index in [0.29, 0.717) is 44.3 Å². The number of pyridine rings is 1. The van der Waals surface area contributed by atoms with Crippen LogP contribution in [0.1, 0.15) is 84.8 Å². The van der Waals surface area contributed by atoms with Gasteiger partial charge in [-0.1, -0.05) is 36.8 Å². The van der Waals surface area contributed by atoms with Crippen molar-refractivity contribution in [3.05, 3.63) is 36.0 Å². The molecule has 1 saturated heterocycles. The molecule has 4 heterocycles. The maximum Gasteiger partial charge on any atom is 0.437 e. The number of methoxy groups -OCH3 is 1. The van der Waals surface area contributed by atoms with Crippen molar-refractivity contribution in [2.75, 3.05) is 20.3 Å². The lowest BCUT2D eigenvalue weighted by atomic mass is 9.75. The molecule has 0 radical (unpaired) electrons. The molecule has 3 N–H and O–H groups in total. The van der Waals surface area contributed by atoms with Gasteiger partial charge in [0.15, 0.2) is 28.3 Å². The SMILES string of the molecule is COc1ccc2nc(C(F)(F)F)c3c(c2c1)OCC1(CC2C(=O)NC4(C(=O)NS(=O)(=O)C5(C)CC5)C#CC4C=CCCCCCC(NC(=O)OC(C)(C)C)C(=O)N2C1)O3. The first-order valence-corrected chi connectivity index (χ1v) is 20.9. The maximum absolute atomic E-state index is 14.7. The van der Waals surface area contributed by atoms with Crippen molar-refractivity contribution in [2.24, 2.45) is 5.92 Å². The fourth-order valence-corrected chi connectivity index (χ4v) is 8.92. The zero-order chi connectivity index (χ0) is 42.8. The van der Waals surface area contributed by atoms with Crippen LogP contribution in [0.5, 0.6) is 17.2 Å². The Hall–Kier alpha value is -5.25. The van der Waals surface area contributed by atoms with Gasteiger partial charge in [-0.15, -0.1) is 0 Å². The summed E-state index contributed by atoms with van der Waals surface area (Å²) in [6, 6.07) is 1.44. The van der Waals surface area contributed by atoms with Crippen molar-refractivity contribution in [2.45, 2.75) is 119 Å². The molecule has 1 aromatic carbocycles. The summed E-state index contributed by atoms with van der Waals surface area (Å²) >= 11 is 0. The van der Waals surface area contributed by atoms with Crippen LogP contribution in [0, 0.1) is 17.8 Å². The van der Waals surface area contributed by atoms with Crippen molar-refractivity contribution in [3.63, 3.8) is 0 Å². The Morgan fingerprint density at radius 1 is 1.10 bits per heavy atom. The lowest BCUT2D eigenvalue weighted by Gasteiger charge is -2.38. The highest BCUT2D eigenvalue weighted by molar-refractivity contribution is 7.91. The Balaban J connectivity index is 1.29. The Morgan fingerprint density at radius 3 is 2.49 bits per heavy atom. The van der Waals surface area contributed by atoms with E-state index < -0.39 is 111 Å². The molecule has 15 nitrogen and oxygen atoms in total. The minimum Gasteiger partial charge on any atom is -0.497 e. The molecular weight excluding hydrogens is 800 g/mol. The average Bonchev–Trinajstić information content (AvgIpc) is 3.81. The van der Waals surface area contributed by atoms with Crippen LogP contribution in [-0.2, 0) is 35.3 Å². The van der Waals surface area contributed by atoms with Gasteiger partial charge in [0.1, 0.15) is 30.0 Å². The van der Waals surface area contributed by atoms with Crippen LogP contribution < -0.4 is 29.6 Å². The number of ether oxygens (including phenoxy) is 4. The van der Waals surface area contributed by atoms with E-state index >= 15 is 0 Å². The zero-order valence-corrected chi connectivity index (χ0v) is 34.0. The van der Waals surface area contributed by atoms with Crippen molar-refractivity contribution in [3.8, 4) is 29.1 Å². The van der Waals surface area contributed by atoms with E-state index in [-0.39, 0.29) is 23.1 Å². The molecular formula is C40H46F3N5O10S. The molecule has 3 aliphatic heterocycles. The predicted molar refractivity (Wildman–Crippen MR) is 204 cm³/mol. The third-order valence-corrected chi connectivity index (χ3v) is 13.4. The number of halogens is 3. The third kappa shape index (κ3) is 8.07. The number of hydrogen-bond acceptors (Lipinski definition) is 11. The Morgan fingerprint density at radius 2 is 1.85 bits per heavy atom. The first-order chi connectivity index (χ1) is 27.6. The number of fused-ring (bicyclic) bond motifs is 5. The minimum absolute atomic E-state index is 0.0485. The number of alkyl carbamates (subject to hydrolysis) is 1. The number of rotatable bonds is 5. The zero-order valence-electron chi connectivity index (χ0n) is 33.2. The molecule has 5 unspecified atom stereocenters. The third-order valence-electron chi connectivity index (χ3n) is 11.2. The fourth-order valence-electron chi connectivity index (χ4n) is 7.63. The van der Waals surface area contributed by atoms with Crippen molar-refractivity contribution >= 4 is 44.7 Å². The number of hydrogen-bond donors (Lipinski definition) is 3. The molecule has 318 valence electrons. The van der Waals surface area contributed by atoms with E-state index in [2.05, 4.69) is 32.2 Å². The minimum atomic E-state index is -5.03. The van der Waals surface area contributed by atoms with Gasteiger partial charge in [-0.05, 0) is 78.0 Å². The number of amides is 4. The second-order valence-electron chi connectivity index (χ2n) is 17.0. The van der Waals surface area contributed by atoms with Crippen molar-refractivity contribution in [1.29, 1.82) is 0 Å². The van der Waals surface area contributed by atoms with Gasteiger partial charge < -0.3 is 34.5 Å². The van der Waals surface area contributed by atoms with E-state index in [4.69, 9.17) is 18.9 Å². The van der Waals surface area contributed by atoms with Gasteiger partial charge >= 0.3 is 12.3 Å². The summed E-state index contributed by atoms with van der Waals surface area (Å²) in [6.45, 7) is 5.49. The maximum atomic E-state index is 14.7. The molecule has 2 aliphatic carbocycles. The number of carbonyl (C=O) groups excluding carboxylic acids is 4. The molecule has 4 amide bonds. The summed E-state index contributed by atoms with van der Waals surface area (Å²) in [6.07, 6.45) is 0.00143. The van der Waals surface area contributed by atoms with Gasteiger partial charge in [0.05, 0.1) is 29.8 Å². The van der Waals surface area contributed by atoms with Gasteiger partial charge in [-0.25, -0.2) is 22.9 Å². The standard InChI is InChI=1S/C40H46F3N5O10S/c1-36(2,3)58-35(52)45-27-12-10-8-6-7-9-11-23-15-16-39(23,34(51)47-59(53,54)37(4)17-18-37)46-32(49)28-20-38(21-48(28)33(27)50)22-56-29-25-19-24(55-5)13-14-26(25)44-31(30(29)57-38)40(41,42)43/h9,11,13-14,19,23,27-28H,6-8,10,12,17-18,20-22H2,1-5H3,(H,45,52)(H,46,49)(H,47,51). The van der Waals surface area contributed by atoms with Crippen LogP contribution in [0.15, 0.2) is 30.4 Å². The summed E-state index contributed by atoms with van der Waals surface area (Å²) in [7, 11) is -2.81. The van der Waals surface area contributed by atoms with Crippen LogP contribution in [0.4, 0.5) is 18.0 Å². The molecule has 1 saturated carbocycles. The Bertz CT molecular complexity index is 2300. The van der Waals surface area contributed by atoms with Gasteiger partial charge in [-0.2, -0.15) is 13.2 Å². The molecule has 1 aromatic heterocycles. The van der Waals surface area contributed by atoms with Crippen LogP contribution >= 0.6 is 0 Å². The van der Waals surface area contributed by atoms with E-state index in [9.17, 15) is 40.8 Å². The van der Waals surface area contributed by atoms with Crippen LogP contribution in [0.3, 0.4) is 0 Å². The largest absolute Gasteiger partial charge is 0.497 e. The van der Waals surface area contributed by atoms with E-state index in [1.807, 2.05) is 0 Å². The summed E-state index contributed by atoms with van der Waals surface area (Å²) in [5.74, 6) is 0.995. The number of alkyl halides is 3. The summed E-state index contributed by atoms with van der Waals surface area (Å²) in [4.78, 5) is 61.4. The normalized spacial score (nSPS) is 27.7. The molecule has 5 atom stereocenters. The van der Waals surface area contributed by atoms with Crippen LogP contribution in [0.25, 0.3) is 10.9 Å². The van der Waals surface area contributed by atoms with E-state index in [0.717, 1.165) is 4.90 Å². The average molecular weight is 846 g/mol. The second kappa shape index (κ2) is 14.8. The van der Waals surface area contributed by atoms with E-state index in [1.165, 1.54) is 32.2 Å². The molecule has 2 fully saturated rings. The number of carbonyl (C=O) groups is 4. The Kier molecular flexibility index (Phi) is 10.5. The van der Waals surface area contributed by atoms with Crippen LogP contribution in [-0.4, -0.2) is 95.9 Å². The summed E-state index contributed by atoms with van der Waals surface area (Å²) < 4.78 is 94.6. The van der Waals surface area contributed by atoms with Crippen molar-refractivity contribution < 1.29 is 59.7 Å². The number of benzene rings is 1. The lowest BCUT2D eigenvalue weighted by Crippen LogP contribution is -2.68. The molecule has 1 spiro atoms. The quantitative estimate of drug-likeness (QED) is 0.288. The van der Waals surface area contributed by atoms with Gasteiger partial charge in [0.2, 0.25) is 21.8 Å². The molecule has 59 heavy (non-hydrogen) atoms. The molecule has 2 aromatic rings. The highest BCUT2D eigenvalue weighted by Gasteiger charge is 2.59. The number of nitrogens with zero attached hydrogens (tertiary/aromatic N) is 2. The number of nitrogens with one attached hydrogen (secondary N) is 3. The molecule has 0 bridgehead atoms. The van der Waals surface area contributed by atoms with Gasteiger partial charge in [0.25, 0.3) is 5.91 Å². The Labute approximate surface area is 339 Å². The first-order valence-electron chi connectivity index (χ1n) is 19.4. The summed E-state index contributed by atoms with van der Waals surface area (Å²) in [5.41, 5.74) is -6.25. The number of sulfonamides is 1. The highest BCUT2D eigenvalue weighted by Crippen LogP contribution is 2.50. The smallest absolute Gasteiger partial charge is 0.437 e. The number of aromatic nitrogens is 1. The molecule has 19 heteroatoms. The summed E-state index contributed by atoms with van der Waals surface area (Å²) in [5, 5.41) is 5.42. The van der Waals surface area contributed by atoms with Crippen LogP contribution in [0.2, 0.25) is 0 Å².